The number of hydrogen-bond acceptors (Lipinski definition) is 3. The number of aromatic hydroxyl groups is 1. The number of hydrogen-bond donors (Lipinski definition) is 1. The first-order valence-corrected chi connectivity index (χ1v) is 8.72. The van der Waals surface area contributed by atoms with Crippen molar-refractivity contribution in [1.29, 1.82) is 0 Å². The molecule has 3 heterocycles. The molecule has 5 heteroatoms. The minimum Gasteiger partial charge on any atom is -0.483 e. The number of nitrogens with zero attached hydrogens (tertiary/aromatic N) is 3. The van der Waals surface area contributed by atoms with Gasteiger partial charge in [-0.1, -0.05) is 17.7 Å². The summed E-state index contributed by atoms with van der Waals surface area (Å²) in [5.74, 6) is 0.995. The average molecular weight is 326 g/mol. The Hall–Kier alpha value is -2.30. The predicted octanol–water partition coefficient (Wildman–Crippen LogP) is 2.05. The maximum Gasteiger partial charge on any atom is 0.365 e. The van der Waals surface area contributed by atoms with E-state index in [1.807, 2.05) is 23.0 Å². The topological polar surface area (TPSA) is 49.4 Å². The van der Waals surface area contributed by atoms with Gasteiger partial charge >= 0.3 is 11.5 Å². The van der Waals surface area contributed by atoms with E-state index in [4.69, 9.17) is 0 Å². The van der Waals surface area contributed by atoms with Crippen LogP contribution in [0.25, 0.3) is 11.1 Å². The molecule has 2 aliphatic rings. The van der Waals surface area contributed by atoms with Gasteiger partial charge in [-0.15, -0.1) is 0 Å². The third kappa shape index (κ3) is 2.07. The van der Waals surface area contributed by atoms with Crippen LogP contribution in [0.1, 0.15) is 29.5 Å². The standard InChI is InChI=1S/C19H23N3O2/c1-12-10-13(2)15(14(3)11-12)16-17(23)21-8-4-6-20-7-5-9-22(18(16)24)19(20)21/h10-11H,4-9H2,1-3H3/p+1. The maximum atomic E-state index is 13.2. The summed E-state index contributed by atoms with van der Waals surface area (Å²) in [5, 5.41) is 11.0. The molecule has 1 aromatic heterocycles. The van der Waals surface area contributed by atoms with Crippen LogP contribution in [0.4, 0.5) is 5.95 Å². The Morgan fingerprint density at radius 3 is 2.38 bits per heavy atom. The fraction of sp³-hybridized carbons (Fsp3) is 0.474. The number of aromatic nitrogens is 2. The number of rotatable bonds is 1. The summed E-state index contributed by atoms with van der Waals surface area (Å²) < 4.78 is 3.79. The van der Waals surface area contributed by atoms with Gasteiger partial charge in [-0.25, -0.2) is 4.79 Å². The van der Waals surface area contributed by atoms with Crippen molar-refractivity contribution in [1.82, 2.24) is 4.57 Å². The summed E-state index contributed by atoms with van der Waals surface area (Å²) in [6.07, 6.45) is 1.97. The van der Waals surface area contributed by atoms with E-state index in [1.54, 1.807) is 0 Å². The van der Waals surface area contributed by atoms with Crippen LogP contribution in [0.5, 0.6) is 5.88 Å². The number of aryl methyl sites for hydroxylation is 3. The Morgan fingerprint density at radius 2 is 1.67 bits per heavy atom. The lowest BCUT2D eigenvalue weighted by atomic mass is 9.94. The molecule has 0 amide bonds. The van der Waals surface area contributed by atoms with Gasteiger partial charge in [0.1, 0.15) is 5.56 Å². The van der Waals surface area contributed by atoms with Crippen LogP contribution in [0.2, 0.25) is 0 Å². The maximum absolute atomic E-state index is 13.2. The minimum absolute atomic E-state index is 0.0691. The predicted molar refractivity (Wildman–Crippen MR) is 93.7 cm³/mol. The molecular weight excluding hydrogens is 302 g/mol. The quantitative estimate of drug-likeness (QED) is 0.816. The summed E-state index contributed by atoms with van der Waals surface area (Å²) >= 11 is 0. The molecular formula is C19H24N3O2+. The number of anilines is 1. The summed E-state index contributed by atoms with van der Waals surface area (Å²) in [7, 11) is 0. The molecule has 0 aliphatic carbocycles. The van der Waals surface area contributed by atoms with Crippen molar-refractivity contribution in [2.45, 2.75) is 46.7 Å². The van der Waals surface area contributed by atoms with Gasteiger partial charge in [0.2, 0.25) is 0 Å². The van der Waals surface area contributed by atoms with Crippen LogP contribution in [0.15, 0.2) is 16.9 Å². The fourth-order valence-corrected chi connectivity index (χ4v) is 4.39. The van der Waals surface area contributed by atoms with Gasteiger partial charge < -0.3 is 5.11 Å². The Balaban J connectivity index is 2.07. The molecule has 1 N–H and O–H groups in total. The van der Waals surface area contributed by atoms with E-state index in [0.717, 1.165) is 61.7 Å². The van der Waals surface area contributed by atoms with Gasteiger partial charge in [-0.3, -0.25) is 4.90 Å². The van der Waals surface area contributed by atoms with Crippen molar-refractivity contribution in [2.75, 3.05) is 18.0 Å². The van der Waals surface area contributed by atoms with Crippen molar-refractivity contribution in [3.05, 3.63) is 39.2 Å². The third-order valence-electron chi connectivity index (χ3n) is 5.25. The number of benzene rings is 1. The van der Waals surface area contributed by atoms with E-state index in [2.05, 4.69) is 24.0 Å². The lowest BCUT2D eigenvalue weighted by molar-refractivity contribution is -0.698. The summed E-state index contributed by atoms with van der Waals surface area (Å²) in [6, 6.07) is 4.15. The van der Waals surface area contributed by atoms with Gasteiger partial charge in [-0.2, -0.15) is 9.13 Å². The second-order valence-electron chi connectivity index (χ2n) is 7.07. The highest BCUT2D eigenvalue weighted by molar-refractivity contribution is 5.73. The first-order chi connectivity index (χ1) is 11.5. The summed E-state index contributed by atoms with van der Waals surface area (Å²) in [6.45, 7) is 9.49. The third-order valence-corrected chi connectivity index (χ3v) is 5.25. The zero-order valence-corrected chi connectivity index (χ0v) is 14.6. The molecule has 0 fully saturated rings. The first-order valence-electron chi connectivity index (χ1n) is 8.72. The van der Waals surface area contributed by atoms with Crippen molar-refractivity contribution in [3.63, 3.8) is 0 Å². The second kappa shape index (κ2) is 5.36. The molecule has 0 saturated heterocycles. The van der Waals surface area contributed by atoms with Crippen LogP contribution in [-0.2, 0) is 13.1 Å². The molecule has 1 aromatic carbocycles. The molecule has 2 aromatic rings. The van der Waals surface area contributed by atoms with E-state index in [9.17, 15) is 9.90 Å². The largest absolute Gasteiger partial charge is 0.483 e. The van der Waals surface area contributed by atoms with E-state index >= 15 is 0 Å². The first kappa shape index (κ1) is 15.2. The van der Waals surface area contributed by atoms with Gasteiger partial charge in [0.25, 0.3) is 5.88 Å². The smallest absolute Gasteiger partial charge is 0.365 e. The molecule has 24 heavy (non-hydrogen) atoms. The van der Waals surface area contributed by atoms with Crippen LogP contribution >= 0.6 is 0 Å². The summed E-state index contributed by atoms with van der Waals surface area (Å²) in [5.41, 5.74) is 4.52. The normalized spacial score (nSPS) is 16.2. The Kier molecular flexibility index (Phi) is 3.41. The molecule has 126 valence electrons. The van der Waals surface area contributed by atoms with E-state index < -0.39 is 0 Å². The van der Waals surface area contributed by atoms with Crippen molar-refractivity contribution in [2.24, 2.45) is 0 Å². The molecule has 0 spiro atoms. The van der Waals surface area contributed by atoms with Crippen LogP contribution in [0, 0.1) is 20.8 Å². The molecule has 0 atom stereocenters. The van der Waals surface area contributed by atoms with Crippen molar-refractivity contribution < 1.29 is 9.67 Å². The van der Waals surface area contributed by atoms with Crippen LogP contribution in [-0.4, -0.2) is 22.8 Å². The zero-order chi connectivity index (χ0) is 17.0. The molecule has 0 radical (unpaired) electrons. The van der Waals surface area contributed by atoms with E-state index in [1.165, 1.54) is 5.56 Å². The lowest BCUT2D eigenvalue weighted by Crippen LogP contribution is -2.55. The van der Waals surface area contributed by atoms with E-state index in [0.29, 0.717) is 5.56 Å². The van der Waals surface area contributed by atoms with Crippen molar-refractivity contribution in [3.8, 4) is 17.0 Å². The second-order valence-corrected chi connectivity index (χ2v) is 7.07. The Morgan fingerprint density at radius 1 is 1.00 bits per heavy atom. The average Bonchev–Trinajstić information content (AvgIpc) is 2.54. The molecule has 5 nitrogen and oxygen atoms in total. The van der Waals surface area contributed by atoms with E-state index in [-0.39, 0.29) is 11.4 Å². The Labute approximate surface area is 141 Å². The lowest BCUT2D eigenvalue weighted by Gasteiger charge is -2.31. The van der Waals surface area contributed by atoms with Gasteiger partial charge in [-0.05, 0) is 31.9 Å². The van der Waals surface area contributed by atoms with Gasteiger partial charge in [0.05, 0.1) is 26.2 Å². The zero-order valence-electron chi connectivity index (χ0n) is 14.6. The highest BCUT2D eigenvalue weighted by Gasteiger charge is 2.37. The summed E-state index contributed by atoms with van der Waals surface area (Å²) in [4.78, 5) is 15.5. The van der Waals surface area contributed by atoms with Crippen molar-refractivity contribution >= 4 is 5.95 Å². The molecule has 0 unspecified atom stereocenters. The molecule has 0 saturated carbocycles. The monoisotopic (exact) mass is 326 g/mol. The van der Waals surface area contributed by atoms with Gasteiger partial charge in [0.15, 0.2) is 0 Å². The van der Waals surface area contributed by atoms with Crippen LogP contribution < -0.4 is 15.0 Å². The minimum atomic E-state index is -0.0691. The SMILES string of the molecule is Cc1cc(C)c(-c2c(O)[n+]3c4n(c2=O)CCCN4CCC3)c(C)c1. The van der Waals surface area contributed by atoms with Gasteiger partial charge in [0, 0.05) is 18.4 Å². The molecule has 0 bridgehead atoms. The fourth-order valence-electron chi connectivity index (χ4n) is 4.39. The Bertz CT molecular complexity index is 873. The van der Waals surface area contributed by atoms with Crippen LogP contribution in [0.3, 0.4) is 0 Å². The molecule has 2 aliphatic heterocycles. The highest BCUT2D eigenvalue weighted by Crippen LogP contribution is 2.33. The molecule has 4 rings (SSSR count). The highest BCUT2D eigenvalue weighted by atomic mass is 16.3.